The molecular formula is C15H22N2O2. The molecule has 0 aliphatic heterocycles. The van der Waals surface area contributed by atoms with Crippen LogP contribution in [0, 0.1) is 0 Å². The van der Waals surface area contributed by atoms with Gasteiger partial charge in [-0.2, -0.15) is 0 Å². The minimum absolute atomic E-state index is 0.0341. The van der Waals surface area contributed by atoms with Crippen molar-refractivity contribution in [2.24, 2.45) is 0 Å². The van der Waals surface area contributed by atoms with Crippen LogP contribution in [0.2, 0.25) is 0 Å². The lowest BCUT2D eigenvalue weighted by atomic mass is 10.2. The lowest BCUT2D eigenvalue weighted by Gasteiger charge is -2.12. The molecule has 2 N–H and O–H groups in total. The molecule has 0 saturated carbocycles. The first-order valence-corrected chi connectivity index (χ1v) is 6.43. The number of hydrogen-bond donors (Lipinski definition) is 2. The number of carbonyl (C=O) groups excluding carboxylic acids is 1. The van der Waals surface area contributed by atoms with Crippen LogP contribution < -0.4 is 10.2 Å². The Bertz CT molecular complexity index is 420. The number of benzene rings is 1. The molecule has 1 amide bonds. The molecule has 4 heteroatoms. The monoisotopic (exact) mass is 262 g/mol. The molecule has 0 aromatic heterocycles. The predicted molar refractivity (Wildman–Crippen MR) is 79.1 cm³/mol. The van der Waals surface area contributed by atoms with Crippen LogP contribution in [0.4, 0.5) is 5.69 Å². The van der Waals surface area contributed by atoms with E-state index in [0.717, 1.165) is 11.3 Å². The second-order valence-corrected chi connectivity index (χ2v) is 4.62. The zero-order valence-corrected chi connectivity index (χ0v) is 11.8. The van der Waals surface area contributed by atoms with E-state index < -0.39 is 0 Å². The molecular weight excluding hydrogens is 240 g/mol. The van der Waals surface area contributed by atoms with Gasteiger partial charge in [0.1, 0.15) is 0 Å². The molecule has 0 heterocycles. The van der Waals surface area contributed by atoms with Crippen molar-refractivity contribution in [2.75, 3.05) is 25.6 Å². The van der Waals surface area contributed by atoms with Crippen LogP contribution in [0.15, 0.2) is 30.3 Å². The molecule has 1 aromatic rings. The van der Waals surface area contributed by atoms with E-state index in [0.29, 0.717) is 6.42 Å². The quantitative estimate of drug-likeness (QED) is 0.767. The van der Waals surface area contributed by atoms with Gasteiger partial charge >= 0.3 is 0 Å². The van der Waals surface area contributed by atoms with Crippen molar-refractivity contribution in [2.45, 2.75) is 19.4 Å². The fourth-order valence-electron chi connectivity index (χ4n) is 1.58. The summed E-state index contributed by atoms with van der Waals surface area (Å²) < 4.78 is 0. The van der Waals surface area contributed by atoms with Gasteiger partial charge < -0.3 is 15.3 Å². The summed E-state index contributed by atoms with van der Waals surface area (Å²) in [5, 5.41) is 11.7. The highest BCUT2D eigenvalue weighted by atomic mass is 16.3. The fraction of sp³-hybridized carbons (Fsp3) is 0.400. The minimum Gasteiger partial charge on any atom is -0.394 e. The highest BCUT2D eigenvalue weighted by Gasteiger charge is 2.05. The van der Waals surface area contributed by atoms with Crippen molar-refractivity contribution in [3.63, 3.8) is 0 Å². The lowest BCUT2D eigenvalue weighted by Crippen LogP contribution is -2.35. The van der Waals surface area contributed by atoms with Gasteiger partial charge in [-0.1, -0.05) is 19.1 Å². The molecule has 0 radical (unpaired) electrons. The van der Waals surface area contributed by atoms with Gasteiger partial charge in [-0.05, 0) is 30.2 Å². The van der Waals surface area contributed by atoms with Crippen LogP contribution in [0.25, 0.3) is 6.08 Å². The highest BCUT2D eigenvalue weighted by Crippen LogP contribution is 2.12. The number of rotatable bonds is 6. The van der Waals surface area contributed by atoms with Crippen molar-refractivity contribution >= 4 is 17.7 Å². The van der Waals surface area contributed by atoms with Gasteiger partial charge in [0.15, 0.2) is 0 Å². The largest absolute Gasteiger partial charge is 0.394 e. The minimum atomic E-state index is -0.183. The standard InChI is InChI=1S/C15H22N2O2/c1-4-13(11-18)16-15(19)10-7-12-5-8-14(9-6-12)17(2)3/h5-10,13,18H,4,11H2,1-3H3,(H,16,19)/b10-7+/t13-/m1/s1. The van der Waals surface area contributed by atoms with E-state index in [9.17, 15) is 4.79 Å². The number of hydrogen-bond acceptors (Lipinski definition) is 3. The Balaban J connectivity index is 2.58. The van der Waals surface area contributed by atoms with E-state index >= 15 is 0 Å². The lowest BCUT2D eigenvalue weighted by molar-refractivity contribution is -0.117. The predicted octanol–water partition coefficient (Wildman–Crippen LogP) is 1.65. The Labute approximate surface area is 114 Å². The third-order valence-corrected chi connectivity index (χ3v) is 2.90. The maximum absolute atomic E-state index is 11.6. The third-order valence-electron chi connectivity index (χ3n) is 2.90. The maximum Gasteiger partial charge on any atom is 0.244 e. The summed E-state index contributed by atoms with van der Waals surface area (Å²) in [6.45, 7) is 1.89. The molecule has 0 bridgehead atoms. The van der Waals surface area contributed by atoms with Crippen molar-refractivity contribution in [1.29, 1.82) is 0 Å². The van der Waals surface area contributed by atoms with Gasteiger partial charge in [0, 0.05) is 25.9 Å². The molecule has 1 aromatic carbocycles. The fourth-order valence-corrected chi connectivity index (χ4v) is 1.58. The van der Waals surface area contributed by atoms with Crippen LogP contribution in [0.1, 0.15) is 18.9 Å². The smallest absolute Gasteiger partial charge is 0.244 e. The van der Waals surface area contributed by atoms with Gasteiger partial charge in [-0.3, -0.25) is 4.79 Å². The number of aliphatic hydroxyl groups excluding tert-OH is 1. The van der Waals surface area contributed by atoms with E-state index in [1.165, 1.54) is 6.08 Å². The molecule has 0 saturated heterocycles. The Morgan fingerprint density at radius 1 is 1.37 bits per heavy atom. The first-order chi connectivity index (χ1) is 9.06. The van der Waals surface area contributed by atoms with Gasteiger partial charge in [0.05, 0.1) is 12.6 Å². The number of amides is 1. The number of carbonyl (C=O) groups is 1. The summed E-state index contributed by atoms with van der Waals surface area (Å²) in [6.07, 6.45) is 3.97. The first-order valence-electron chi connectivity index (χ1n) is 6.43. The molecule has 0 aliphatic carbocycles. The van der Waals surface area contributed by atoms with Crippen molar-refractivity contribution in [1.82, 2.24) is 5.32 Å². The van der Waals surface area contributed by atoms with Crippen LogP contribution in [-0.2, 0) is 4.79 Å². The Morgan fingerprint density at radius 2 is 2.00 bits per heavy atom. The number of anilines is 1. The summed E-state index contributed by atoms with van der Waals surface area (Å²) in [6, 6.07) is 7.75. The van der Waals surface area contributed by atoms with Gasteiger partial charge in [0.2, 0.25) is 5.91 Å². The maximum atomic E-state index is 11.6. The summed E-state index contributed by atoms with van der Waals surface area (Å²) in [7, 11) is 3.97. The molecule has 4 nitrogen and oxygen atoms in total. The molecule has 19 heavy (non-hydrogen) atoms. The number of aliphatic hydroxyl groups is 1. The SMILES string of the molecule is CC[C@H](CO)NC(=O)/C=C/c1ccc(N(C)C)cc1. The van der Waals surface area contributed by atoms with Gasteiger partial charge in [-0.15, -0.1) is 0 Å². The summed E-state index contributed by atoms with van der Waals surface area (Å²) >= 11 is 0. The van der Waals surface area contributed by atoms with Crippen molar-refractivity contribution < 1.29 is 9.90 Å². The van der Waals surface area contributed by atoms with E-state index in [-0.39, 0.29) is 18.6 Å². The van der Waals surface area contributed by atoms with Crippen LogP contribution in [0.3, 0.4) is 0 Å². The Morgan fingerprint density at radius 3 is 2.47 bits per heavy atom. The number of nitrogens with one attached hydrogen (secondary N) is 1. The Kier molecular flexibility index (Phi) is 6.09. The number of nitrogens with zero attached hydrogens (tertiary/aromatic N) is 1. The van der Waals surface area contributed by atoms with E-state index in [1.54, 1.807) is 6.08 Å². The van der Waals surface area contributed by atoms with Crippen LogP contribution in [-0.4, -0.2) is 37.8 Å². The second kappa shape index (κ2) is 7.59. The average molecular weight is 262 g/mol. The molecule has 104 valence electrons. The summed E-state index contributed by atoms with van der Waals surface area (Å²) in [5.41, 5.74) is 2.09. The highest BCUT2D eigenvalue weighted by molar-refractivity contribution is 5.91. The summed E-state index contributed by atoms with van der Waals surface area (Å²) in [5.74, 6) is -0.183. The first kappa shape index (κ1) is 15.2. The second-order valence-electron chi connectivity index (χ2n) is 4.62. The topological polar surface area (TPSA) is 52.6 Å². The van der Waals surface area contributed by atoms with Crippen LogP contribution >= 0.6 is 0 Å². The van der Waals surface area contributed by atoms with Gasteiger partial charge in [0.25, 0.3) is 0 Å². The summed E-state index contributed by atoms with van der Waals surface area (Å²) in [4.78, 5) is 13.6. The van der Waals surface area contributed by atoms with Crippen LogP contribution in [0.5, 0.6) is 0 Å². The molecule has 0 unspecified atom stereocenters. The zero-order valence-electron chi connectivity index (χ0n) is 11.8. The molecule has 0 spiro atoms. The Hall–Kier alpha value is -1.81. The van der Waals surface area contributed by atoms with Crippen molar-refractivity contribution in [3.05, 3.63) is 35.9 Å². The molecule has 0 aliphatic rings. The molecule has 0 fully saturated rings. The third kappa shape index (κ3) is 5.14. The molecule has 1 atom stereocenters. The van der Waals surface area contributed by atoms with Crippen molar-refractivity contribution in [3.8, 4) is 0 Å². The normalized spacial score (nSPS) is 12.4. The van der Waals surface area contributed by atoms with E-state index in [1.807, 2.05) is 50.2 Å². The van der Waals surface area contributed by atoms with Gasteiger partial charge in [-0.25, -0.2) is 0 Å². The van der Waals surface area contributed by atoms with E-state index in [4.69, 9.17) is 5.11 Å². The zero-order chi connectivity index (χ0) is 14.3. The van der Waals surface area contributed by atoms with E-state index in [2.05, 4.69) is 5.32 Å². The average Bonchev–Trinajstić information content (AvgIpc) is 2.43. The molecule has 1 rings (SSSR count).